The number of morpholine rings is 1. The summed E-state index contributed by atoms with van der Waals surface area (Å²) >= 11 is 0. The standard InChI is InChI=1S/C21H21F3N2O4/c1-28-18-4-2-3-14(20(18)30-21(23)24)5-8-19(27)25-15-6-7-17(16(22)13-15)26-9-11-29-12-10-26/h2-8,13,21H,9-12H2,1H3,(H,25,27)/b8-5+. The molecule has 1 amide bonds. The van der Waals surface area contributed by atoms with E-state index in [4.69, 9.17) is 9.47 Å². The van der Waals surface area contributed by atoms with Gasteiger partial charge in [0.25, 0.3) is 0 Å². The van der Waals surface area contributed by atoms with Gasteiger partial charge in [-0.15, -0.1) is 0 Å². The van der Waals surface area contributed by atoms with Crippen LogP contribution < -0.4 is 19.7 Å². The molecule has 30 heavy (non-hydrogen) atoms. The summed E-state index contributed by atoms with van der Waals surface area (Å²) in [6.07, 6.45) is 2.45. The summed E-state index contributed by atoms with van der Waals surface area (Å²) in [5, 5.41) is 2.54. The first-order valence-electron chi connectivity index (χ1n) is 9.21. The molecule has 0 bridgehead atoms. The van der Waals surface area contributed by atoms with Crippen molar-refractivity contribution in [2.75, 3.05) is 43.6 Å². The summed E-state index contributed by atoms with van der Waals surface area (Å²) in [6.45, 7) is -0.798. The normalized spacial score (nSPS) is 14.2. The molecule has 2 aromatic rings. The predicted molar refractivity (Wildman–Crippen MR) is 107 cm³/mol. The maximum atomic E-state index is 14.4. The number of benzene rings is 2. The lowest BCUT2D eigenvalue weighted by atomic mass is 10.1. The van der Waals surface area contributed by atoms with Gasteiger partial charge in [-0.05, 0) is 30.3 Å². The topological polar surface area (TPSA) is 60.0 Å². The maximum Gasteiger partial charge on any atom is 0.387 e. The largest absolute Gasteiger partial charge is 0.493 e. The Morgan fingerprint density at radius 1 is 1.23 bits per heavy atom. The number of carbonyl (C=O) groups excluding carboxylic acids is 1. The fourth-order valence-corrected chi connectivity index (χ4v) is 3.03. The Kier molecular flexibility index (Phi) is 7.18. The van der Waals surface area contributed by atoms with Crippen LogP contribution in [0.25, 0.3) is 6.08 Å². The molecule has 0 atom stereocenters. The SMILES string of the molecule is COc1cccc(/C=C/C(=O)Nc2ccc(N3CCOCC3)c(F)c2)c1OC(F)F. The van der Waals surface area contributed by atoms with Gasteiger partial charge < -0.3 is 24.4 Å². The fraction of sp³-hybridized carbons (Fsp3) is 0.286. The van der Waals surface area contributed by atoms with Crippen molar-refractivity contribution in [1.82, 2.24) is 0 Å². The molecule has 3 rings (SSSR count). The van der Waals surface area contributed by atoms with Gasteiger partial charge >= 0.3 is 6.61 Å². The van der Waals surface area contributed by atoms with Crippen LogP contribution in [0.15, 0.2) is 42.5 Å². The molecule has 0 aliphatic carbocycles. The van der Waals surface area contributed by atoms with E-state index >= 15 is 0 Å². The van der Waals surface area contributed by atoms with Crippen LogP contribution in [0.3, 0.4) is 0 Å². The van der Waals surface area contributed by atoms with Crippen molar-refractivity contribution >= 4 is 23.4 Å². The van der Waals surface area contributed by atoms with E-state index in [0.717, 1.165) is 6.08 Å². The molecule has 0 spiro atoms. The Labute approximate surface area is 171 Å². The molecule has 9 heteroatoms. The number of ether oxygens (including phenoxy) is 3. The number of nitrogens with one attached hydrogen (secondary N) is 1. The molecule has 1 heterocycles. The summed E-state index contributed by atoms with van der Waals surface area (Å²) in [5.74, 6) is -1.09. The van der Waals surface area contributed by atoms with E-state index in [1.165, 1.54) is 31.4 Å². The molecule has 0 saturated carbocycles. The van der Waals surface area contributed by atoms with Crippen LogP contribution in [-0.4, -0.2) is 45.9 Å². The quantitative estimate of drug-likeness (QED) is 0.686. The second-order valence-electron chi connectivity index (χ2n) is 6.35. The highest BCUT2D eigenvalue weighted by molar-refractivity contribution is 6.02. The van der Waals surface area contributed by atoms with Gasteiger partial charge in [0, 0.05) is 30.4 Å². The number of hydrogen-bond acceptors (Lipinski definition) is 5. The smallest absolute Gasteiger partial charge is 0.387 e. The lowest BCUT2D eigenvalue weighted by Gasteiger charge is -2.29. The monoisotopic (exact) mass is 422 g/mol. The van der Waals surface area contributed by atoms with E-state index in [2.05, 4.69) is 10.1 Å². The van der Waals surface area contributed by atoms with Crippen molar-refractivity contribution < 1.29 is 32.2 Å². The molecule has 1 fully saturated rings. The number of carbonyl (C=O) groups is 1. The fourth-order valence-electron chi connectivity index (χ4n) is 3.03. The third kappa shape index (κ3) is 5.44. The van der Waals surface area contributed by atoms with E-state index < -0.39 is 18.3 Å². The highest BCUT2D eigenvalue weighted by Crippen LogP contribution is 2.33. The average molecular weight is 422 g/mol. The van der Waals surface area contributed by atoms with Crippen LogP contribution in [0.2, 0.25) is 0 Å². The number of rotatable bonds is 7. The maximum absolute atomic E-state index is 14.4. The van der Waals surface area contributed by atoms with Crippen LogP contribution in [0.5, 0.6) is 11.5 Å². The van der Waals surface area contributed by atoms with Crippen molar-refractivity contribution in [1.29, 1.82) is 0 Å². The minimum atomic E-state index is -3.05. The molecule has 1 aliphatic rings. The van der Waals surface area contributed by atoms with Crippen molar-refractivity contribution in [2.24, 2.45) is 0 Å². The van der Waals surface area contributed by atoms with E-state index in [-0.39, 0.29) is 22.7 Å². The first kappa shape index (κ1) is 21.5. The highest BCUT2D eigenvalue weighted by atomic mass is 19.3. The van der Waals surface area contributed by atoms with Crippen molar-refractivity contribution in [3.05, 3.63) is 53.9 Å². The number of alkyl halides is 2. The summed E-state index contributed by atoms with van der Waals surface area (Å²) in [7, 11) is 1.32. The van der Waals surface area contributed by atoms with Gasteiger partial charge in [-0.25, -0.2) is 4.39 Å². The number of methoxy groups -OCH3 is 1. The first-order valence-corrected chi connectivity index (χ1v) is 9.21. The van der Waals surface area contributed by atoms with Gasteiger partial charge in [-0.3, -0.25) is 4.79 Å². The average Bonchev–Trinajstić information content (AvgIpc) is 2.73. The Hall–Kier alpha value is -3.20. The summed E-state index contributed by atoms with van der Waals surface area (Å²) < 4.78 is 54.6. The Morgan fingerprint density at radius 2 is 2.00 bits per heavy atom. The number of para-hydroxylation sites is 1. The molecule has 6 nitrogen and oxygen atoms in total. The second-order valence-corrected chi connectivity index (χ2v) is 6.35. The van der Waals surface area contributed by atoms with Gasteiger partial charge in [0.1, 0.15) is 5.82 Å². The van der Waals surface area contributed by atoms with Gasteiger partial charge in [0.05, 0.1) is 26.0 Å². The molecule has 0 unspecified atom stereocenters. The molecule has 1 aliphatic heterocycles. The minimum Gasteiger partial charge on any atom is -0.493 e. The van der Waals surface area contributed by atoms with Gasteiger partial charge in [-0.1, -0.05) is 12.1 Å². The zero-order valence-electron chi connectivity index (χ0n) is 16.2. The van der Waals surface area contributed by atoms with Crippen LogP contribution >= 0.6 is 0 Å². The minimum absolute atomic E-state index is 0.110. The zero-order valence-corrected chi connectivity index (χ0v) is 16.2. The zero-order chi connectivity index (χ0) is 21.5. The molecule has 1 saturated heterocycles. The Balaban J connectivity index is 1.70. The van der Waals surface area contributed by atoms with Gasteiger partial charge in [-0.2, -0.15) is 8.78 Å². The number of amides is 1. The van der Waals surface area contributed by atoms with Crippen LogP contribution in [0.4, 0.5) is 24.5 Å². The predicted octanol–water partition coefficient (Wildman–Crippen LogP) is 3.92. The van der Waals surface area contributed by atoms with E-state index in [0.29, 0.717) is 32.0 Å². The van der Waals surface area contributed by atoms with Crippen molar-refractivity contribution in [3.63, 3.8) is 0 Å². The number of anilines is 2. The molecule has 0 radical (unpaired) electrons. The molecule has 0 aromatic heterocycles. The van der Waals surface area contributed by atoms with E-state index in [1.807, 2.05) is 4.90 Å². The Bertz CT molecular complexity index is 915. The lowest BCUT2D eigenvalue weighted by Crippen LogP contribution is -2.36. The Morgan fingerprint density at radius 3 is 2.67 bits per heavy atom. The number of nitrogens with zero attached hydrogens (tertiary/aromatic N) is 1. The van der Waals surface area contributed by atoms with Gasteiger partial charge in [0.15, 0.2) is 11.5 Å². The van der Waals surface area contributed by atoms with E-state index in [9.17, 15) is 18.0 Å². The van der Waals surface area contributed by atoms with Crippen LogP contribution in [0, 0.1) is 5.82 Å². The van der Waals surface area contributed by atoms with Gasteiger partial charge in [0.2, 0.25) is 5.91 Å². The third-order valence-corrected chi connectivity index (χ3v) is 4.42. The van der Waals surface area contributed by atoms with Crippen LogP contribution in [-0.2, 0) is 9.53 Å². The highest BCUT2D eigenvalue weighted by Gasteiger charge is 2.16. The number of halogens is 3. The molecular weight excluding hydrogens is 401 g/mol. The van der Waals surface area contributed by atoms with E-state index in [1.54, 1.807) is 18.2 Å². The molecular formula is C21H21F3N2O4. The first-order chi connectivity index (χ1) is 14.5. The molecule has 1 N–H and O–H groups in total. The van der Waals surface area contributed by atoms with Crippen LogP contribution in [0.1, 0.15) is 5.56 Å². The van der Waals surface area contributed by atoms with Crippen molar-refractivity contribution in [2.45, 2.75) is 6.61 Å². The second kappa shape index (κ2) is 10.0. The third-order valence-electron chi connectivity index (χ3n) is 4.42. The molecule has 160 valence electrons. The number of hydrogen-bond donors (Lipinski definition) is 1. The summed E-state index contributed by atoms with van der Waals surface area (Å²) in [5.41, 5.74) is 0.949. The van der Waals surface area contributed by atoms with Crippen molar-refractivity contribution in [3.8, 4) is 11.5 Å². The molecule has 2 aromatic carbocycles. The summed E-state index contributed by atoms with van der Waals surface area (Å²) in [4.78, 5) is 14.1. The summed E-state index contributed by atoms with van der Waals surface area (Å²) in [6, 6.07) is 8.96. The lowest BCUT2D eigenvalue weighted by molar-refractivity contribution is -0.111.